The third kappa shape index (κ3) is 3.18. The molecule has 3 aromatic rings. The van der Waals surface area contributed by atoms with Crippen LogP contribution in [0, 0.1) is 6.92 Å². The van der Waals surface area contributed by atoms with E-state index in [1.807, 2.05) is 31.3 Å². The van der Waals surface area contributed by atoms with Gasteiger partial charge in [-0.15, -0.1) is 0 Å². The fraction of sp³-hybridized carbons (Fsp3) is 0.316. The summed E-state index contributed by atoms with van der Waals surface area (Å²) in [6.45, 7) is 5.35. The summed E-state index contributed by atoms with van der Waals surface area (Å²) >= 11 is 0. The van der Waals surface area contributed by atoms with Gasteiger partial charge in [0.05, 0.1) is 5.69 Å². The highest BCUT2D eigenvalue weighted by molar-refractivity contribution is 5.46. The minimum atomic E-state index is -0.0308. The Balaban J connectivity index is 1.67. The molecule has 1 aliphatic rings. The van der Waals surface area contributed by atoms with Crippen molar-refractivity contribution >= 4 is 5.65 Å². The van der Waals surface area contributed by atoms with Crippen molar-refractivity contribution in [2.24, 2.45) is 0 Å². The highest BCUT2D eigenvalue weighted by atomic mass is 16.1. The number of fused-ring (bicyclic) bond motifs is 1. The fourth-order valence-electron chi connectivity index (χ4n) is 3.44. The Labute approximate surface area is 146 Å². The van der Waals surface area contributed by atoms with Crippen LogP contribution in [0.3, 0.4) is 0 Å². The van der Waals surface area contributed by atoms with Gasteiger partial charge in [0.1, 0.15) is 5.65 Å². The smallest absolute Gasteiger partial charge is 0.258 e. The van der Waals surface area contributed by atoms with Crippen molar-refractivity contribution in [2.75, 3.05) is 19.6 Å². The van der Waals surface area contributed by atoms with Crippen LogP contribution in [0.15, 0.2) is 53.7 Å². The fourth-order valence-corrected chi connectivity index (χ4v) is 3.44. The second-order valence-electron chi connectivity index (χ2n) is 6.45. The van der Waals surface area contributed by atoms with Crippen LogP contribution in [-0.4, -0.2) is 38.9 Å². The Hall–Kier alpha value is -2.57. The molecule has 0 aliphatic carbocycles. The van der Waals surface area contributed by atoms with E-state index in [9.17, 15) is 4.79 Å². The zero-order chi connectivity index (χ0) is 17.2. The van der Waals surface area contributed by atoms with Gasteiger partial charge in [0.15, 0.2) is 0 Å². The Morgan fingerprint density at radius 2 is 2.24 bits per heavy atom. The van der Waals surface area contributed by atoms with Crippen LogP contribution in [-0.2, 0) is 6.54 Å². The number of nitrogens with one attached hydrogen (secondary N) is 1. The normalized spacial score (nSPS) is 18.5. The second-order valence-corrected chi connectivity index (χ2v) is 6.45. The molecular formula is C19H21N5O. The van der Waals surface area contributed by atoms with Gasteiger partial charge in [-0.05, 0) is 30.2 Å². The zero-order valence-electron chi connectivity index (χ0n) is 14.2. The summed E-state index contributed by atoms with van der Waals surface area (Å²) in [6, 6.07) is 9.81. The van der Waals surface area contributed by atoms with Gasteiger partial charge in [-0.2, -0.15) is 0 Å². The first-order valence-electron chi connectivity index (χ1n) is 8.55. The maximum atomic E-state index is 12.4. The van der Waals surface area contributed by atoms with Crippen molar-refractivity contribution in [1.82, 2.24) is 24.6 Å². The highest BCUT2D eigenvalue weighted by Gasteiger charge is 2.24. The van der Waals surface area contributed by atoms with Crippen LogP contribution in [0.5, 0.6) is 0 Å². The van der Waals surface area contributed by atoms with Gasteiger partial charge in [0.25, 0.3) is 5.56 Å². The molecule has 128 valence electrons. The molecule has 1 N–H and O–H groups in total. The third-order valence-electron chi connectivity index (χ3n) is 4.73. The number of hydrogen-bond donors (Lipinski definition) is 1. The first-order valence-corrected chi connectivity index (χ1v) is 8.55. The highest BCUT2D eigenvalue weighted by Crippen LogP contribution is 2.23. The van der Waals surface area contributed by atoms with E-state index in [1.165, 1.54) is 5.56 Å². The lowest BCUT2D eigenvalue weighted by atomic mass is 10.1. The van der Waals surface area contributed by atoms with E-state index in [-0.39, 0.29) is 11.6 Å². The van der Waals surface area contributed by atoms with Crippen LogP contribution < -0.4 is 10.9 Å². The summed E-state index contributed by atoms with van der Waals surface area (Å²) in [5, 5.41) is 3.44. The van der Waals surface area contributed by atoms with Gasteiger partial charge in [-0.25, -0.2) is 4.98 Å². The molecule has 6 heteroatoms. The molecule has 1 fully saturated rings. The lowest BCUT2D eigenvalue weighted by Gasteiger charge is -2.36. The molecule has 4 rings (SSSR count). The van der Waals surface area contributed by atoms with E-state index in [2.05, 4.69) is 21.3 Å². The maximum Gasteiger partial charge on any atom is 0.258 e. The second kappa shape index (κ2) is 6.74. The van der Waals surface area contributed by atoms with E-state index in [0.717, 1.165) is 36.5 Å². The van der Waals surface area contributed by atoms with Crippen LogP contribution in [0.1, 0.15) is 22.9 Å². The first-order chi connectivity index (χ1) is 12.2. The number of hydrogen-bond acceptors (Lipinski definition) is 5. The molecule has 0 saturated carbocycles. The molecule has 4 heterocycles. The predicted octanol–water partition coefficient (Wildman–Crippen LogP) is 1.54. The van der Waals surface area contributed by atoms with E-state index >= 15 is 0 Å². The molecule has 0 amide bonds. The average molecular weight is 335 g/mol. The number of aromatic nitrogens is 3. The van der Waals surface area contributed by atoms with Gasteiger partial charge in [-0.3, -0.25) is 19.1 Å². The summed E-state index contributed by atoms with van der Waals surface area (Å²) in [6.07, 6.45) is 5.47. The SMILES string of the molecule is Cc1cccn2c(=O)cc(CN3CCNCC3c3cccnc3)nc12. The largest absolute Gasteiger partial charge is 0.314 e. The van der Waals surface area contributed by atoms with Crippen molar-refractivity contribution in [3.05, 3.63) is 76.1 Å². The van der Waals surface area contributed by atoms with Crippen molar-refractivity contribution in [2.45, 2.75) is 19.5 Å². The number of piperazine rings is 1. The molecule has 1 aliphatic heterocycles. The molecule has 1 atom stereocenters. The molecule has 1 unspecified atom stereocenters. The number of pyridine rings is 2. The zero-order valence-corrected chi connectivity index (χ0v) is 14.2. The Kier molecular flexibility index (Phi) is 4.29. The van der Waals surface area contributed by atoms with Crippen molar-refractivity contribution in [3.63, 3.8) is 0 Å². The molecule has 6 nitrogen and oxygen atoms in total. The van der Waals surface area contributed by atoms with Gasteiger partial charge in [0.2, 0.25) is 0 Å². The quantitative estimate of drug-likeness (QED) is 0.787. The minimum absolute atomic E-state index is 0.0308. The van der Waals surface area contributed by atoms with E-state index in [1.54, 1.807) is 22.9 Å². The predicted molar refractivity (Wildman–Crippen MR) is 96.5 cm³/mol. The summed E-state index contributed by atoms with van der Waals surface area (Å²) < 4.78 is 1.61. The summed E-state index contributed by atoms with van der Waals surface area (Å²) in [5.74, 6) is 0. The van der Waals surface area contributed by atoms with Gasteiger partial charge in [0, 0.05) is 56.9 Å². The Morgan fingerprint density at radius 3 is 3.08 bits per heavy atom. The van der Waals surface area contributed by atoms with Crippen LogP contribution in [0.2, 0.25) is 0 Å². The molecule has 0 aromatic carbocycles. The molecule has 0 spiro atoms. The summed E-state index contributed by atoms with van der Waals surface area (Å²) in [5.41, 5.74) is 3.71. The Bertz CT molecular complexity index is 937. The third-order valence-corrected chi connectivity index (χ3v) is 4.73. The molecule has 1 saturated heterocycles. The molecular weight excluding hydrogens is 314 g/mol. The van der Waals surface area contributed by atoms with Crippen LogP contribution in [0.4, 0.5) is 0 Å². The standard InChI is InChI=1S/C19H21N5O/c1-14-4-3-8-24-18(25)10-16(22-19(14)24)13-23-9-7-21-12-17(23)15-5-2-6-20-11-15/h2-6,8,10-11,17,21H,7,9,12-13H2,1H3. The minimum Gasteiger partial charge on any atom is -0.314 e. The maximum absolute atomic E-state index is 12.4. The molecule has 0 radical (unpaired) electrons. The first kappa shape index (κ1) is 15.9. The average Bonchev–Trinajstić information content (AvgIpc) is 2.64. The van der Waals surface area contributed by atoms with Gasteiger partial charge < -0.3 is 5.32 Å². The topological polar surface area (TPSA) is 62.5 Å². The lowest BCUT2D eigenvalue weighted by Crippen LogP contribution is -2.45. The van der Waals surface area contributed by atoms with Crippen LogP contribution in [0.25, 0.3) is 5.65 Å². The van der Waals surface area contributed by atoms with E-state index in [4.69, 9.17) is 4.98 Å². The van der Waals surface area contributed by atoms with Gasteiger partial charge in [-0.1, -0.05) is 12.1 Å². The summed E-state index contributed by atoms with van der Waals surface area (Å²) in [4.78, 5) is 23.8. The molecule has 25 heavy (non-hydrogen) atoms. The van der Waals surface area contributed by atoms with Crippen LogP contribution >= 0.6 is 0 Å². The van der Waals surface area contributed by atoms with Crippen molar-refractivity contribution < 1.29 is 0 Å². The number of aryl methyl sites for hydroxylation is 1. The molecule has 3 aromatic heterocycles. The van der Waals surface area contributed by atoms with E-state index < -0.39 is 0 Å². The summed E-state index contributed by atoms with van der Waals surface area (Å²) in [7, 11) is 0. The number of nitrogens with zero attached hydrogens (tertiary/aromatic N) is 4. The monoisotopic (exact) mass is 335 g/mol. The van der Waals surface area contributed by atoms with Crippen molar-refractivity contribution in [3.8, 4) is 0 Å². The number of rotatable bonds is 3. The van der Waals surface area contributed by atoms with Crippen molar-refractivity contribution in [1.29, 1.82) is 0 Å². The lowest BCUT2D eigenvalue weighted by molar-refractivity contribution is 0.151. The Morgan fingerprint density at radius 1 is 1.32 bits per heavy atom. The van der Waals surface area contributed by atoms with Gasteiger partial charge >= 0.3 is 0 Å². The van der Waals surface area contributed by atoms with E-state index in [0.29, 0.717) is 6.54 Å². The molecule has 0 bridgehead atoms.